The molecule has 6 nitrogen and oxygen atoms in total. The lowest BCUT2D eigenvalue weighted by Crippen LogP contribution is -2.27. The summed E-state index contributed by atoms with van der Waals surface area (Å²) < 4.78 is 38.0. The first kappa shape index (κ1) is 19.6. The predicted molar refractivity (Wildman–Crippen MR) is 96.7 cm³/mol. The lowest BCUT2D eigenvalue weighted by molar-refractivity contribution is -0.137. The average Bonchev–Trinajstić information content (AvgIpc) is 2.98. The molecule has 1 fully saturated rings. The van der Waals surface area contributed by atoms with Gasteiger partial charge in [-0.3, -0.25) is 9.59 Å². The normalized spacial score (nSPS) is 14.5. The number of alkyl halides is 3. The summed E-state index contributed by atoms with van der Waals surface area (Å²) in [6.07, 6.45) is -1.59. The molecule has 0 unspecified atom stereocenters. The van der Waals surface area contributed by atoms with Crippen molar-refractivity contribution in [3.8, 4) is 0 Å². The largest absolute Gasteiger partial charge is 0.416 e. The second kappa shape index (κ2) is 8.26. The van der Waals surface area contributed by atoms with Crippen LogP contribution in [0.15, 0.2) is 28.6 Å². The molecule has 1 heterocycles. The van der Waals surface area contributed by atoms with Crippen LogP contribution in [0.2, 0.25) is 0 Å². The summed E-state index contributed by atoms with van der Waals surface area (Å²) in [5.41, 5.74) is -0.500. The van der Waals surface area contributed by atoms with E-state index in [1.54, 1.807) is 0 Å². The summed E-state index contributed by atoms with van der Waals surface area (Å²) in [5, 5.41) is 13.4. The van der Waals surface area contributed by atoms with Crippen molar-refractivity contribution in [1.29, 1.82) is 0 Å². The molecule has 1 saturated carbocycles. The zero-order chi connectivity index (χ0) is 19.4. The number of carbonyl (C=O) groups excluding carboxylic acids is 2. The first-order valence-electron chi connectivity index (χ1n) is 8.05. The van der Waals surface area contributed by atoms with Crippen LogP contribution in [0.1, 0.15) is 24.8 Å². The van der Waals surface area contributed by atoms with Crippen LogP contribution in [0.25, 0.3) is 0 Å². The van der Waals surface area contributed by atoms with Gasteiger partial charge in [-0.1, -0.05) is 29.5 Å². The number of benzene rings is 1. The van der Waals surface area contributed by atoms with Gasteiger partial charge in [0.25, 0.3) is 0 Å². The fourth-order valence-corrected chi connectivity index (χ4v) is 3.82. The molecular weight excluding hydrogens is 401 g/mol. The highest BCUT2D eigenvalue weighted by atomic mass is 32.2. The van der Waals surface area contributed by atoms with Crippen molar-refractivity contribution in [3.63, 3.8) is 0 Å². The molecule has 1 aliphatic carbocycles. The number of thioether (sulfide) groups is 1. The van der Waals surface area contributed by atoms with Crippen molar-refractivity contribution in [1.82, 2.24) is 10.2 Å². The Morgan fingerprint density at radius 2 is 1.85 bits per heavy atom. The number of nitrogens with zero attached hydrogens (tertiary/aromatic N) is 2. The quantitative estimate of drug-likeness (QED) is 0.549. The highest BCUT2D eigenvalue weighted by Crippen LogP contribution is 2.31. The molecule has 1 aliphatic rings. The smallest absolute Gasteiger partial charge is 0.325 e. The predicted octanol–water partition coefficient (Wildman–Crippen LogP) is 4.03. The van der Waals surface area contributed by atoms with Gasteiger partial charge in [0.15, 0.2) is 4.34 Å². The zero-order valence-corrected chi connectivity index (χ0v) is 15.5. The Balaban J connectivity index is 1.45. The van der Waals surface area contributed by atoms with Crippen molar-refractivity contribution < 1.29 is 22.8 Å². The van der Waals surface area contributed by atoms with E-state index < -0.39 is 11.7 Å². The third-order valence-corrected chi connectivity index (χ3v) is 5.91. The molecular formula is C16H15F3N4O2S2. The van der Waals surface area contributed by atoms with Gasteiger partial charge >= 0.3 is 6.18 Å². The van der Waals surface area contributed by atoms with Crippen LogP contribution in [0.4, 0.5) is 24.0 Å². The van der Waals surface area contributed by atoms with E-state index in [0.29, 0.717) is 9.47 Å². The lowest BCUT2D eigenvalue weighted by atomic mass is 9.85. The fraction of sp³-hybridized carbons (Fsp3) is 0.375. The van der Waals surface area contributed by atoms with E-state index in [-0.39, 0.29) is 29.2 Å². The maximum atomic E-state index is 12.5. The number of hydrogen-bond acceptors (Lipinski definition) is 6. The average molecular weight is 416 g/mol. The van der Waals surface area contributed by atoms with Crippen molar-refractivity contribution in [2.75, 3.05) is 16.4 Å². The summed E-state index contributed by atoms with van der Waals surface area (Å²) >= 11 is 2.30. The van der Waals surface area contributed by atoms with E-state index in [2.05, 4.69) is 20.8 Å². The summed E-state index contributed by atoms with van der Waals surface area (Å²) in [7, 11) is 0. The monoisotopic (exact) mass is 416 g/mol. The van der Waals surface area contributed by atoms with Gasteiger partial charge in [0.2, 0.25) is 16.9 Å². The van der Waals surface area contributed by atoms with Crippen LogP contribution in [0.5, 0.6) is 0 Å². The molecule has 27 heavy (non-hydrogen) atoms. The first-order valence-corrected chi connectivity index (χ1v) is 9.86. The van der Waals surface area contributed by atoms with E-state index in [0.717, 1.165) is 43.2 Å². The molecule has 0 bridgehead atoms. The second-order valence-electron chi connectivity index (χ2n) is 5.90. The minimum absolute atomic E-state index is 0.0201. The van der Waals surface area contributed by atoms with Crippen LogP contribution in [0.3, 0.4) is 0 Å². The van der Waals surface area contributed by atoms with E-state index in [1.807, 2.05) is 0 Å². The van der Waals surface area contributed by atoms with Gasteiger partial charge in [-0.25, -0.2) is 0 Å². The van der Waals surface area contributed by atoms with Crippen molar-refractivity contribution in [2.45, 2.75) is 29.8 Å². The Morgan fingerprint density at radius 1 is 1.15 bits per heavy atom. The molecule has 0 atom stereocenters. The fourth-order valence-electron chi connectivity index (χ4n) is 2.26. The summed E-state index contributed by atoms with van der Waals surface area (Å²) in [5.74, 6) is -0.379. The van der Waals surface area contributed by atoms with Crippen LogP contribution in [0, 0.1) is 5.92 Å². The van der Waals surface area contributed by atoms with Gasteiger partial charge in [-0.15, -0.1) is 10.2 Å². The van der Waals surface area contributed by atoms with Crippen molar-refractivity contribution >= 4 is 45.7 Å². The van der Waals surface area contributed by atoms with E-state index in [4.69, 9.17) is 0 Å². The standard InChI is InChI=1S/C16H15F3N4O2S2/c17-16(18,19)10-4-6-11(7-5-10)20-12(24)8-26-15-23-22-14(27-15)21-13(25)9-2-1-3-9/h4-7,9H,1-3,8H2,(H,20,24)(H,21,22,25). The van der Waals surface area contributed by atoms with E-state index in [9.17, 15) is 22.8 Å². The molecule has 0 spiro atoms. The molecule has 1 aromatic carbocycles. The Labute approximate surface area is 160 Å². The minimum Gasteiger partial charge on any atom is -0.325 e. The lowest BCUT2D eigenvalue weighted by Gasteiger charge is -2.23. The molecule has 11 heteroatoms. The summed E-state index contributed by atoms with van der Waals surface area (Å²) in [6.45, 7) is 0. The first-order chi connectivity index (χ1) is 12.8. The second-order valence-corrected chi connectivity index (χ2v) is 8.10. The molecule has 2 aromatic rings. The molecule has 144 valence electrons. The molecule has 0 radical (unpaired) electrons. The SMILES string of the molecule is O=C(CSc1nnc(NC(=O)C2CCC2)s1)Nc1ccc(C(F)(F)F)cc1. The van der Waals surface area contributed by atoms with Gasteiger partial charge in [-0.2, -0.15) is 13.2 Å². The molecule has 2 amide bonds. The molecule has 1 aromatic heterocycles. The number of amides is 2. The maximum absolute atomic E-state index is 12.5. The highest BCUT2D eigenvalue weighted by molar-refractivity contribution is 8.01. The third-order valence-electron chi connectivity index (χ3n) is 3.94. The Bertz CT molecular complexity index is 820. The Hall–Kier alpha value is -2.14. The van der Waals surface area contributed by atoms with Crippen LogP contribution in [-0.2, 0) is 15.8 Å². The van der Waals surface area contributed by atoms with E-state index >= 15 is 0 Å². The number of hydrogen-bond donors (Lipinski definition) is 2. The topological polar surface area (TPSA) is 84.0 Å². The molecule has 3 rings (SSSR count). The molecule has 2 N–H and O–H groups in total. The van der Waals surface area contributed by atoms with Gasteiger partial charge in [0.05, 0.1) is 11.3 Å². The maximum Gasteiger partial charge on any atom is 0.416 e. The summed E-state index contributed by atoms with van der Waals surface area (Å²) in [6, 6.07) is 4.21. The van der Waals surface area contributed by atoms with Crippen molar-refractivity contribution in [3.05, 3.63) is 29.8 Å². The van der Waals surface area contributed by atoms with Crippen LogP contribution in [-0.4, -0.2) is 27.8 Å². The number of aromatic nitrogens is 2. The van der Waals surface area contributed by atoms with E-state index in [1.165, 1.54) is 23.5 Å². The Morgan fingerprint density at radius 3 is 2.44 bits per heavy atom. The zero-order valence-electron chi connectivity index (χ0n) is 13.9. The molecule has 0 aliphatic heterocycles. The number of anilines is 2. The van der Waals surface area contributed by atoms with Crippen molar-refractivity contribution in [2.24, 2.45) is 5.92 Å². The Kier molecular flexibility index (Phi) is 6.00. The van der Waals surface area contributed by atoms with Gasteiger partial charge < -0.3 is 10.6 Å². The third kappa shape index (κ3) is 5.42. The number of nitrogens with one attached hydrogen (secondary N) is 2. The molecule has 0 saturated heterocycles. The van der Waals surface area contributed by atoms with Crippen LogP contribution >= 0.6 is 23.1 Å². The summed E-state index contributed by atoms with van der Waals surface area (Å²) in [4.78, 5) is 23.8. The van der Waals surface area contributed by atoms with Gasteiger partial charge in [0.1, 0.15) is 0 Å². The number of carbonyl (C=O) groups is 2. The van der Waals surface area contributed by atoms with Crippen LogP contribution < -0.4 is 10.6 Å². The van der Waals surface area contributed by atoms with Gasteiger partial charge in [-0.05, 0) is 37.1 Å². The minimum atomic E-state index is -4.41. The highest BCUT2D eigenvalue weighted by Gasteiger charge is 2.30. The number of halogens is 3. The number of rotatable bonds is 6. The van der Waals surface area contributed by atoms with Gasteiger partial charge in [0, 0.05) is 11.6 Å².